The van der Waals surface area contributed by atoms with Gasteiger partial charge in [-0.2, -0.15) is 10.2 Å². The number of alkyl halides is 3. The summed E-state index contributed by atoms with van der Waals surface area (Å²) in [5.41, 5.74) is 8.13. The lowest BCUT2D eigenvalue weighted by atomic mass is 10.1. The first-order valence-electron chi connectivity index (χ1n) is 7.75. The third-order valence-electron chi connectivity index (χ3n) is 3.82. The highest BCUT2D eigenvalue weighted by atomic mass is 19.4. The molecule has 1 aromatic carbocycles. The molecule has 0 aliphatic rings. The Kier molecular flexibility index (Phi) is 4.00. The molecule has 0 spiro atoms. The number of aromatic nitrogens is 6. The second-order valence-electron chi connectivity index (χ2n) is 5.50. The molecule has 0 bridgehead atoms. The lowest BCUT2D eigenvalue weighted by Gasteiger charge is -2.09. The van der Waals surface area contributed by atoms with Crippen LogP contribution >= 0.6 is 0 Å². The standard InChI is InChI=1S/C16H12F3N7O/c17-16(18,19)27-10-3-1-9(2-4-10)26-15-13(12(7-20)25-26)11(5-6-21-15)14-22-8-23-24-14/h1-6,8H,7,20H2,(H,22,23,24). The van der Waals surface area contributed by atoms with Crippen molar-refractivity contribution in [3.63, 3.8) is 0 Å². The predicted octanol–water partition coefficient (Wildman–Crippen LogP) is 2.56. The van der Waals surface area contributed by atoms with E-state index in [2.05, 4.69) is 30.0 Å². The van der Waals surface area contributed by atoms with Crippen molar-refractivity contribution in [3.05, 3.63) is 48.5 Å². The Morgan fingerprint density at radius 2 is 1.89 bits per heavy atom. The van der Waals surface area contributed by atoms with E-state index in [1.54, 1.807) is 12.3 Å². The normalized spacial score (nSPS) is 11.9. The highest BCUT2D eigenvalue weighted by Gasteiger charge is 2.31. The molecular weight excluding hydrogens is 363 g/mol. The topological polar surface area (TPSA) is 108 Å². The van der Waals surface area contributed by atoms with E-state index in [4.69, 9.17) is 5.73 Å². The van der Waals surface area contributed by atoms with Crippen LogP contribution in [0.4, 0.5) is 13.2 Å². The van der Waals surface area contributed by atoms with Gasteiger partial charge in [-0.1, -0.05) is 0 Å². The zero-order chi connectivity index (χ0) is 19.0. The Labute approximate surface area is 149 Å². The van der Waals surface area contributed by atoms with Crippen molar-refractivity contribution in [3.8, 4) is 22.8 Å². The van der Waals surface area contributed by atoms with Crippen LogP contribution in [0.1, 0.15) is 5.69 Å². The van der Waals surface area contributed by atoms with Gasteiger partial charge >= 0.3 is 6.36 Å². The average Bonchev–Trinajstić information content (AvgIpc) is 3.29. The number of nitrogens with two attached hydrogens (primary N) is 1. The number of ether oxygens (including phenoxy) is 1. The Hall–Kier alpha value is -3.47. The number of H-pyrrole nitrogens is 1. The average molecular weight is 375 g/mol. The molecule has 11 heteroatoms. The van der Waals surface area contributed by atoms with E-state index < -0.39 is 6.36 Å². The quantitative estimate of drug-likeness (QED) is 0.568. The first-order chi connectivity index (χ1) is 13.0. The lowest BCUT2D eigenvalue weighted by Crippen LogP contribution is -2.17. The summed E-state index contributed by atoms with van der Waals surface area (Å²) in [6.07, 6.45) is -1.78. The van der Waals surface area contributed by atoms with Crippen molar-refractivity contribution in [2.75, 3.05) is 0 Å². The van der Waals surface area contributed by atoms with E-state index in [9.17, 15) is 13.2 Å². The van der Waals surface area contributed by atoms with Crippen LogP contribution in [0.15, 0.2) is 42.9 Å². The fourth-order valence-electron chi connectivity index (χ4n) is 2.76. The molecule has 3 heterocycles. The summed E-state index contributed by atoms with van der Waals surface area (Å²) >= 11 is 0. The minimum absolute atomic E-state index is 0.144. The molecule has 0 aliphatic carbocycles. The van der Waals surface area contributed by atoms with E-state index in [0.29, 0.717) is 28.2 Å². The zero-order valence-electron chi connectivity index (χ0n) is 13.6. The Morgan fingerprint density at radius 3 is 2.52 bits per heavy atom. The van der Waals surface area contributed by atoms with Crippen molar-refractivity contribution in [1.29, 1.82) is 0 Å². The smallest absolute Gasteiger partial charge is 0.406 e. The van der Waals surface area contributed by atoms with E-state index in [-0.39, 0.29) is 12.3 Å². The number of hydrogen-bond donors (Lipinski definition) is 2. The molecule has 0 saturated heterocycles. The van der Waals surface area contributed by atoms with Gasteiger partial charge in [-0.25, -0.2) is 14.6 Å². The summed E-state index contributed by atoms with van der Waals surface area (Å²) in [6.45, 7) is 0.144. The van der Waals surface area contributed by atoms with Crippen molar-refractivity contribution in [2.24, 2.45) is 5.73 Å². The fourth-order valence-corrected chi connectivity index (χ4v) is 2.76. The number of rotatable bonds is 4. The molecule has 4 aromatic rings. The van der Waals surface area contributed by atoms with Crippen molar-refractivity contribution < 1.29 is 17.9 Å². The third kappa shape index (κ3) is 3.19. The van der Waals surface area contributed by atoms with Gasteiger partial charge in [-0.05, 0) is 30.3 Å². The molecule has 0 unspecified atom stereocenters. The number of nitrogens with one attached hydrogen (secondary N) is 1. The largest absolute Gasteiger partial charge is 0.573 e. The highest BCUT2D eigenvalue weighted by molar-refractivity contribution is 5.93. The maximum Gasteiger partial charge on any atom is 0.573 e. The van der Waals surface area contributed by atoms with Crippen LogP contribution in [0.3, 0.4) is 0 Å². The van der Waals surface area contributed by atoms with Crippen molar-refractivity contribution >= 4 is 11.0 Å². The number of halogens is 3. The van der Waals surface area contributed by atoms with Crippen LogP contribution in [0.5, 0.6) is 5.75 Å². The maximum absolute atomic E-state index is 12.3. The predicted molar refractivity (Wildman–Crippen MR) is 88.8 cm³/mol. The summed E-state index contributed by atoms with van der Waals surface area (Å²) < 4.78 is 42.4. The molecule has 4 rings (SSSR count). The minimum atomic E-state index is -4.75. The summed E-state index contributed by atoms with van der Waals surface area (Å²) in [5.74, 6) is 0.211. The van der Waals surface area contributed by atoms with Gasteiger partial charge in [0, 0.05) is 18.3 Å². The van der Waals surface area contributed by atoms with Gasteiger partial charge in [0.2, 0.25) is 0 Å². The Balaban J connectivity index is 1.82. The molecule has 3 N–H and O–H groups in total. The number of hydrogen-bond acceptors (Lipinski definition) is 6. The first-order valence-corrected chi connectivity index (χ1v) is 7.75. The van der Waals surface area contributed by atoms with Gasteiger partial charge in [-0.3, -0.25) is 5.10 Å². The van der Waals surface area contributed by atoms with Crippen LogP contribution in [0.2, 0.25) is 0 Å². The maximum atomic E-state index is 12.3. The second-order valence-corrected chi connectivity index (χ2v) is 5.50. The molecule has 138 valence electrons. The van der Waals surface area contributed by atoms with Gasteiger partial charge in [0.15, 0.2) is 11.5 Å². The van der Waals surface area contributed by atoms with E-state index in [1.807, 2.05) is 0 Å². The lowest BCUT2D eigenvalue weighted by molar-refractivity contribution is -0.274. The molecule has 0 amide bonds. The van der Waals surface area contributed by atoms with Gasteiger partial charge in [0.1, 0.15) is 12.1 Å². The molecule has 8 nitrogen and oxygen atoms in total. The number of nitrogens with zero attached hydrogens (tertiary/aromatic N) is 5. The molecule has 0 fully saturated rings. The molecular formula is C16H12F3N7O. The van der Waals surface area contributed by atoms with Crippen molar-refractivity contribution in [1.82, 2.24) is 29.9 Å². The number of aromatic amines is 1. The Bertz CT molecular complexity index is 1070. The van der Waals surface area contributed by atoms with E-state index in [1.165, 1.54) is 35.3 Å². The van der Waals surface area contributed by atoms with Crippen LogP contribution < -0.4 is 10.5 Å². The minimum Gasteiger partial charge on any atom is -0.406 e. The summed E-state index contributed by atoms with van der Waals surface area (Å²) in [4.78, 5) is 8.49. The van der Waals surface area contributed by atoms with Crippen LogP contribution in [-0.2, 0) is 6.54 Å². The third-order valence-corrected chi connectivity index (χ3v) is 3.82. The van der Waals surface area contributed by atoms with Gasteiger partial charge in [0.25, 0.3) is 0 Å². The number of pyridine rings is 1. The number of fused-ring (bicyclic) bond motifs is 1. The van der Waals surface area contributed by atoms with Crippen molar-refractivity contribution in [2.45, 2.75) is 12.9 Å². The van der Waals surface area contributed by atoms with Gasteiger partial charge in [0.05, 0.1) is 16.8 Å². The SMILES string of the molecule is NCc1nn(-c2ccc(OC(F)(F)F)cc2)c2nccc(-c3ncn[nH]3)c12. The molecule has 0 saturated carbocycles. The van der Waals surface area contributed by atoms with E-state index in [0.717, 1.165) is 5.56 Å². The fraction of sp³-hybridized carbons (Fsp3) is 0.125. The summed E-state index contributed by atoms with van der Waals surface area (Å²) in [6, 6.07) is 7.08. The molecule has 0 aliphatic heterocycles. The molecule has 3 aromatic heterocycles. The van der Waals surface area contributed by atoms with Crippen LogP contribution in [0, 0.1) is 0 Å². The van der Waals surface area contributed by atoms with E-state index >= 15 is 0 Å². The van der Waals surface area contributed by atoms with Gasteiger partial charge < -0.3 is 10.5 Å². The van der Waals surface area contributed by atoms with Gasteiger partial charge in [-0.15, -0.1) is 13.2 Å². The highest BCUT2D eigenvalue weighted by Crippen LogP contribution is 2.30. The van der Waals surface area contributed by atoms with Crippen LogP contribution in [-0.4, -0.2) is 36.3 Å². The number of benzene rings is 1. The monoisotopic (exact) mass is 375 g/mol. The molecule has 0 atom stereocenters. The summed E-state index contributed by atoms with van der Waals surface area (Å²) in [5, 5.41) is 11.8. The summed E-state index contributed by atoms with van der Waals surface area (Å²) in [7, 11) is 0. The first kappa shape index (κ1) is 17.0. The molecule has 0 radical (unpaired) electrons. The zero-order valence-corrected chi connectivity index (χ0v) is 13.6. The van der Waals surface area contributed by atoms with Crippen LogP contribution in [0.25, 0.3) is 28.1 Å². The Morgan fingerprint density at radius 1 is 1.11 bits per heavy atom. The molecule has 27 heavy (non-hydrogen) atoms. The second kappa shape index (κ2) is 6.36.